The SMILES string of the molecule is COc1ccc(CO[C@@H]2O[C@H](COCc3ccccc3)[C@H](OCc3ccccc3)[C@H](OCc3ccccc3)[C@H]2OCc2ccccc2)cc1. The van der Waals surface area contributed by atoms with Crippen LogP contribution in [0.3, 0.4) is 0 Å². The van der Waals surface area contributed by atoms with Gasteiger partial charge in [-0.15, -0.1) is 0 Å². The molecule has 1 aliphatic rings. The van der Waals surface area contributed by atoms with Gasteiger partial charge >= 0.3 is 0 Å². The Morgan fingerprint density at radius 2 is 0.837 bits per heavy atom. The molecule has 0 spiro atoms. The second-order valence-corrected chi connectivity index (χ2v) is 12.0. The molecule has 0 unspecified atom stereocenters. The van der Waals surface area contributed by atoms with Crippen LogP contribution in [0, 0.1) is 0 Å². The van der Waals surface area contributed by atoms with Crippen molar-refractivity contribution in [2.24, 2.45) is 0 Å². The molecule has 1 aliphatic heterocycles. The minimum atomic E-state index is -0.770. The van der Waals surface area contributed by atoms with E-state index in [9.17, 15) is 0 Å². The fourth-order valence-corrected chi connectivity index (χ4v) is 5.78. The van der Waals surface area contributed by atoms with Crippen LogP contribution < -0.4 is 4.74 Å². The lowest BCUT2D eigenvalue weighted by atomic mass is 9.97. The van der Waals surface area contributed by atoms with E-state index in [1.807, 2.05) is 121 Å². The van der Waals surface area contributed by atoms with Crippen molar-refractivity contribution in [2.75, 3.05) is 13.7 Å². The van der Waals surface area contributed by atoms with E-state index in [0.717, 1.165) is 33.6 Å². The predicted octanol–water partition coefficient (Wildman–Crippen LogP) is 7.91. The molecule has 0 bridgehead atoms. The predicted molar refractivity (Wildman–Crippen MR) is 188 cm³/mol. The zero-order valence-electron chi connectivity index (χ0n) is 27.8. The summed E-state index contributed by atoms with van der Waals surface area (Å²) in [7, 11) is 1.65. The minimum Gasteiger partial charge on any atom is -0.497 e. The molecule has 5 atom stereocenters. The van der Waals surface area contributed by atoms with Gasteiger partial charge in [0.2, 0.25) is 0 Å². The van der Waals surface area contributed by atoms with Crippen LogP contribution in [-0.4, -0.2) is 44.4 Å². The van der Waals surface area contributed by atoms with Crippen molar-refractivity contribution < 1.29 is 33.2 Å². The Morgan fingerprint density at radius 1 is 0.429 bits per heavy atom. The van der Waals surface area contributed by atoms with E-state index in [4.69, 9.17) is 33.2 Å². The second-order valence-electron chi connectivity index (χ2n) is 12.0. The molecule has 5 aromatic rings. The Morgan fingerprint density at radius 3 is 1.33 bits per heavy atom. The maximum absolute atomic E-state index is 6.80. The highest BCUT2D eigenvalue weighted by Gasteiger charge is 2.49. The Bertz CT molecular complexity index is 1620. The molecule has 49 heavy (non-hydrogen) atoms. The van der Waals surface area contributed by atoms with Crippen LogP contribution in [0.1, 0.15) is 27.8 Å². The zero-order valence-corrected chi connectivity index (χ0v) is 27.8. The lowest BCUT2D eigenvalue weighted by Crippen LogP contribution is -2.61. The summed E-state index contributed by atoms with van der Waals surface area (Å²) >= 11 is 0. The van der Waals surface area contributed by atoms with Crippen LogP contribution in [-0.2, 0) is 61.5 Å². The van der Waals surface area contributed by atoms with Crippen molar-refractivity contribution in [3.05, 3.63) is 173 Å². The van der Waals surface area contributed by atoms with E-state index in [2.05, 4.69) is 24.3 Å². The van der Waals surface area contributed by atoms with E-state index in [1.54, 1.807) is 7.11 Å². The third-order valence-electron chi connectivity index (χ3n) is 8.41. The fraction of sp³-hybridized carbons (Fsp3) is 0.286. The van der Waals surface area contributed by atoms with Crippen LogP contribution >= 0.6 is 0 Å². The van der Waals surface area contributed by atoms with Gasteiger partial charge in [0.05, 0.1) is 46.8 Å². The van der Waals surface area contributed by atoms with Crippen molar-refractivity contribution in [3.8, 4) is 5.75 Å². The van der Waals surface area contributed by atoms with Gasteiger partial charge in [-0.1, -0.05) is 133 Å². The van der Waals surface area contributed by atoms with E-state index in [-0.39, 0.29) is 6.61 Å². The molecule has 0 saturated carbocycles. The summed E-state index contributed by atoms with van der Waals surface area (Å²) in [5.41, 5.74) is 5.19. The topological polar surface area (TPSA) is 64.6 Å². The Balaban J connectivity index is 1.29. The average molecular weight is 661 g/mol. The molecule has 0 N–H and O–H groups in total. The number of benzene rings is 5. The monoisotopic (exact) mass is 660 g/mol. The van der Waals surface area contributed by atoms with Crippen molar-refractivity contribution in [1.29, 1.82) is 0 Å². The van der Waals surface area contributed by atoms with Crippen molar-refractivity contribution in [2.45, 2.75) is 63.7 Å². The van der Waals surface area contributed by atoms with Gasteiger partial charge in [0, 0.05) is 0 Å². The molecular formula is C42H44O7. The quantitative estimate of drug-likeness (QED) is 0.100. The number of ether oxygens (including phenoxy) is 7. The largest absolute Gasteiger partial charge is 0.497 e. The van der Waals surface area contributed by atoms with Crippen LogP contribution in [0.2, 0.25) is 0 Å². The first-order valence-electron chi connectivity index (χ1n) is 16.7. The molecule has 7 nitrogen and oxygen atoms in total. The third-order valence-corrected chi connectivity index (χ3v) is 8.41. The van der Waals surface area contributed by atoms with Gasteiger partial charge in [-0.25, -0.2) is 0 Å². The summed E-state index contributed by atoms with van der Waals surface area (Å²) < 4.78 is 45.2. The second kappa shape index (κ2) is 18.4. The average Bonchev–Trinajstić information content (AvgIpc) is 3.17. The summed E-state index contributed by atoms with van der Waals surface area (Å²) in [5, 5.41) is 0. The lowest BCUT2D eigenvalue weighted by Gasteiger charge is -2.46. The number of hydrogen-bond donors (Lipinski definition) is 0. The van der Waals surface area contributed by atoms with Gasteiger partial charge in [0.1, 0.15) is 30.2 Å². The van der Waals surface area contributed by atoms with Crippen molar-refractivity contribution in [3.63, 3.8) is 0 Å². The Hall–Kier alpha value is -4.34. The van der Waals surface area contributed by atoms with Gasteiger partial charge in [-0.05, 0) is 39.9 Å². The standard InChI is InChI=1S/C42H44O7/c1-43-37-24-22-36(23-25-37)30-48-42-41(47-29-35-20-12-5-13-21-35)40(46-28-34-18-10-4-11-19-34)39(45-27-33-16-8-3-9-17-33)38(49-42)31-44-26-32-14-6-2-7-15-32/h2-25,38-42H,26-31H2,1H3/t38-,39+,40+,41-,42-/m1/s1. The van der Waals surface area contributed by atoms with Gasteiger partial charge in [0.15, 0.2) is 6.29 Å². The van der Waals surface area contributed by atoms with Gasteiger partial charge in [-0.3, -0.25) is 0 Å². The van der Waals surface area contributed by atoms with E-state index < -0.39 is 30.7 Å². The number of methoxy groups -OCH3 is 1. The summed E-state index contributed by atoms with van der Waals surface area (Å²) in [6.07, 6.45) is -2.97. The first kappa shape index (κ1) is 34.5. The molecule has 1 saturated heterocycles. The van der Waals surface area contributed by atoms with Crippen LogP contribution in [0.15, 0.2) is 146 Å². The molecule has 6 rings (SSSR count). The molecule has 7 heteroatoms. The minimum absolute atomic E-state index is 0.271. The number of hydrogen-bond acceptors (Lipinski definition) is 7. The first-order chi connectivity index (χ1) is 24.2. The fourth-order valence-electron chi connectivity index (χ4n) is 5.78. The van der Waals surface area contributed by atoms with Gasteiger partial charge < -0.3 is 33.2 Å². The van der Waals surface area contributed by atoms with Crippen molar-refractivity contribution in [1.82, 2.24) is 0 Å². The maximum Gasteiger partial charge on any atom is 0.187 e. The van der Waals surface area contributed by atoms with E-state index in [1.165, 1.54) is 0 Å². The first-order valence-corrected chi connectivity index (χ1v) is 16.7. The Kier molecular flexibility index (Phi) is 13.0. The summed E-state index contributed by atoms with van der Waals surface area (Å²) in [4.78, 5) is 0. The zero-order chi connectivity index (χ0) is 33.5. The van der Waals surface area contributed by atoms with Crippen LogP contribution in [0.5, 0.6) is 5.75 Å². The molecule has 0 aliphatic carbocycles. The highest BCUT2D eigenvalue weighted by molar-refractivity contribution is 5.26. The smallest absolute Gasteiger partial charge is 0.187 e. The van der Waals surface area contributed by atoms with Gasteiger partial charge in [0.25, 0.3) is 0 Å². The molecular weight excluding hydrogens is 616 g/mol. The summed E-state index contributed by atoms with van der Waals surface area (Å²) in [6.45, 7) is 2.10. The van der Waals surface area contributed by atoms with Crippen molar-refractivity contribution >= 4 is 0 Å². The summed E-state index contributed by atoms with van der Waals surface area (Å²) in [6, 6.07) is 48.2. The number of rotatable bonds is 17. The highest BCUT2D eigenvalue weighted by Crippen LogP contribution is 2.32. The van der Waals surface area contributed by atoms with E-state index in [0.29, 0.717) is 33.0 Å². The van der Waals surface area contributed by atoms with Crippen LogP contribution in [0.4, 0.5) is 0 Å². The van der Waals surface area contributed by atoms with Crippen LogP contribution in [0.25, 0.3) is 0 Å². The highest BCUT2D eigenvalue weighted by atomic mass is 16.7. The summed E-state index contributed by atoms with van der Waals surface area (Å²) in [5.74, 6) is 0.783. The third kappa shape index (κ3) is 10.3. The lowest BCUT2D eigenvalue weighted by molar-refractivity contribution is -0.330. The molecule has 0 radical (unpaired) electrons. The molecule has 0 aromatic heterocycles. The maximum atomic E-state index is 6.80. The normalized spacial score (nSPS) is 20.6. The van der Waals surface area contributed by atoms with Gasteiger partial charge in [-0.2, -0.15) is 0 Å². The molecule has 0 amide bonds. The van der Waals surface area contributed by atoms with E-state index >= 15 is 0 Å². The Labute approximate surface area is 289 Å². The molecule has 254 valence electrons. The molecule has 1 fully saturated rings. The molecule has 5 aromatic carbocycles. The molecule has 1 heterocycles.